The van der Waals surface area contributed by atoms with E-state index in [2.05, 4.69) is 17.9 Å². The van der Waals surface area contributed by atoms with Gasteiger partial charge in [-0.3, -0.25) is 0 Å². The summed E-state index contributed by atoms with van der Waals surface area (Å²) in [6, 6.07) is 0. The fourth-order valence-corrected chi connectivity index (χ4v) is 0.229. The highest BCUT2D eigenvalue weighted by molar-refractivity contribution is 5.01. The van der Waals surface area contributed by atoms with Gasteiger partial charge in [0.25, 0.3) is 6.43 Å². The van der Waals surface area contributed by atoms with Crippen molar-refractivity contribution in [1.29, 1.82) is 0 Å². The zero-order valence-electron chi connectivity index (χ0n) is 4.94. The molecule has 0 aromatic heterocycles. The average molecular weight is 134 g/mol. The minimum absolute atomic E-state index is 0.176. The predicted molar refractivity (Wildman–Crippen MR) is 31.3 cm³/mol. The van der Waals surface area contributed by atoms with Crippen LogP contribution in [0.4, 0.5) is 8.78 Å². The van der Waals surface area contributed by atoms with E-state index in [0.29, 0.717) is 0 Å². The summed E-state index contributed by atoms with van der Waals surface area (Å²) in [5.41, 5.74) is 0. The first-order valence-electron chi connectivity index (χ1n) is 2.39. The Kier molecular flexibility index (Phi) is 3.67. The van der Waals surface area contributed by atoms with Gasteiger partial charge in [0.05, 0.1) is 0 Å². The molecule has 0 unspecified atom stereocenters. The molecule has 0 aromatic carbocycles. The van der Waals surface area contributed by atoms with E-state index in [1.807, 2.05) is 0 Å². The van der Waals surface area contributed by atoms with Crippen molar-refractivity contribution in [3.05, 3.63) is 25.0 Å². The smallest absolute Gasteiger partial charge is 0.272 e. The van der Waals surface area contributed by atoms with Crippen LogP contribution in [0, 0.1) is 0 Å². The Morgan fingerprint density at radius 3 is 2.56 bits per heavy atom. The highest BCUT2D eigenvalue weighted by atomic mass is 19.3. The van der Waals surface area contributed by atoms with Gasteiger partial charge in [-0.25, -0.2) is 8.78 Å². The Morgan fingerprint density at radius 2 is 2.22 bits per heavy atom. The minimum Gasteiger partial charge on any atom is -0.488 e. The number of alkyl halides is 2. The molecule has 0 bridgehead atoms. The second-order valence-electron chi connectivity index (χ2n) is 1.37. The summed E-state index contributed by atoms with van der Waals surface area (Å²) in [7, 11) is 0. The van der Waals surface area contributed by atoms with Crippen molar-refractivity contribution in [2.45, 2.75) is 6.43 Å². The third-order valence-electron chi connectivity index (χ3n) is 0.622. The van der Waals surface area contributed by atoms with Crippen LogP contribution in [0.15, 0.2) is 25.0 Å². The van der Waals surface area contributed by atoms with E-state index in [0.717, 1.165) is 0 Å². The number of ether oxygens (including phenoxy) is 1. The fourth-order valence-electron chi connectivity index (χ4n) is 0.229. The molecule has 0 aliphatic rings. The third kappa shape index (κ3) is 5.00. The number of hydrogen-bond acceptors (Lipinski definition) is 1. The topological polar surface area (TPSA) is 9.23 Å². The zero-order chi connectivity index (χ0) is 7.28. The lowest BCUT2D eigenvalue weighted by molar-refractivity contribution is 0.0530. The maximum Gasteiger partial charge on any atom is 0.272 e. The van der Waals surface area contributed by atoms with Gasteiger partial charge < -0.3 is 4.74 Å². The first kappa shape index (κ1) is 8.14. The summed E-state index contributed by atoms with van der Waals surface area (Å²) in [5.74, 6) is 0.176. The second kappa shape index (κ2) is 4.06. The molecule has 0 aromatic rings. The van der Waals surface area contributed by atoms with Gasteiger partial charge in [0, 0.05) is 0 Å². The molecule has 0 radical (unpaired) electrons. The van der Waals surface area contributed by atoms with Crippen LogP contribution in [0.1, 0.15) is 0 Å². The van der Waals surface area contributed by atoms with Gasteiger partial charge in [0.2, 0.25) is 0 Å². The van der Waals surface area contributed by atoms with Gasteiger partial charge in [0.15, 0.2) is 0 Å². The quantitative estimate of drug-likeness (QED) is 0.422. The Hall–Kier alpha value is -0.860. The zero-order valence-corrected chi connectivity index (χ0v) is 4.94. The first-order chi connectivity index (χ1) is 4.16. The molecular weight excluding hydrogens is 126 g/mol. The highest BCUT2D eigenvalue weighted by Gasteiger charge is 2.00. The summed E-state index contributed by atoms with van der Waals surface area (Å²) in [5, 5.41) is 0. The predicted octanol–water partition coefficient (Wildman–Crippen LogP) is 1.97. The molecule has 52 valence electrons. The maximum atomic E-state index is 11.3. The van der Waals surface area contributed by atoms with Gasteiger partial charge in [0.1, 0.15) is 12.4 Å². The van der Waals surface area contributed by atoms with Crippen LogP contribution in [0.3, 0.4) is 0 Å². The Labute approximate surface area is 52.6 Å². The molecule has 0 aliphatic heterocycles. The molecule has 0 amide bonds. The van der Waals surface area contributed by atoms with Crippen LogP contribution in [0.25, 0.3) is 0 Å². The van der Waals surface area contributed by atoms with Gasteiger partial charge >= 0.3 is 0 Å². The molecule has 0 spiro atoms. The number of allylic oxidation sites excluding steroid dienone is 1. The lowest BCUT2D eigenvalue weighted by atomic mass is 10.5. The lowest BCUT2D eigenvalue weighted by Gasteiger charge is -2.02. The molecule has 0 saturated heterocycles. The van der Waals surface area contributed by atoms with E-state index in [1.54, 1.807) is 0 Å². The van der Waals surface area contributed by atoms with Crippen LogP contribution in [0.5, 0.6) is 0 Å². The van der Waals surface area contributed by atoms with Crippen molar-refractivity contribution >= 4 is 0 Å². The van der Waals surface area contributed by atoms with Gasteiger partial charge in [-0.05, 0) is 6.08 Å². The van der Waals surface area contributed by atoms with E-state index in [4.69, 9.17) is 0 Å². The van der Waals surface area contributed by atoms with Crippen LogP contribution in [-0.4, -0.2) is 13.0 Å². The largest absolute Gasteiger partial charge is 0.488 e. The van der Waals surface area contributed by atoms with E-state index < -0.39 is 13.0 Å². The Bertz CT molecular complexity index is 110. The summed E-state index contributed by atoms with van der Waals surface area (Å²) in [6.45, 7) is 5.93. The van der Waals surface area contributed by atoms with Gasteiger partial charge in [-0.2, -0.15) is 0 Å². The number of hydrogen-bond donors (Lipinski definition) is 0. The van der Waals surface area contributed by atoms with E-state index >= 15 is 0 Å². The van der Waals surface area contributed by atoms with Crippen molar-refractivity contribution in [2.24, 2.45) is 0 Å². The van der Waals surface area contributed by atoms with Gasteiger partial charge in [-0.15, -0.1) is 0 Å². The summed E-state index contributed by atoms with van der Waals surface area (Å²) in [4.78, 5) is 0. The second-order valence-corrected chi connectivity index (χ2v) is 1.37. The summed E-state index contributed by atoms with van der Waals surface area (Å²) < 4.78 is 27.1. The normalized spacial score (nSPS) is 9.22. The molecule has 0 heterocycles. The molecule has 0 fully saturated rings. The van der Waals surface area contributed by atoms with Gasteiger partial charge in [-0.1, -0.05) is 13.2 Å². The molecule has 0 saturated carbocycles. The van der Waals surface area contributed by atoms with Crippen molar-refractivity contribution < 1.29 is 13.5 Å². The maximum absolute atomic E-state index is 11.3. The van der Waals surface area contributed by atoms with E-state index in [-0.39, 0.29) is 5.76 Å². The lowest BCUT2D eigenvalue weighted by Crippen LogP contribution is -2.02. The van der Waals surface area contributed by atoms with Crippen LogP contribution >= 0.6 is 0 Å². The van der Waals surface area contributed by atoms with E-state index in [1.165, 1.54) is 6.08 Å². The average Bonchev–Trinajstić information content (AvgIpc) is 1.83. The minimum atomic E-state index is -2.44. The fraction of sp³-hybridized carbons (Fsp3) is 0.333. The highest BCUT2D eigenvalue weighted by Crippen LogP contribution is 1.98. The van der Waals surface area contributed by atoms with E-state index in [9.17, 15) is 8.78 Å². The summed E-state index contributed by atoms with van der Waals surface area (Å²) >= 11 is 0. The third-order valence-corrected chi connectivity index (χ3v) is 0.622. The molecule has 0 atom stereocenters. The van der Waals surface area contributed by atoms with Crippen molar-refractivity contribution in [3.8, 4) is 0 Å². The summed E-state index contributed by atoms with van der Waals surface area (Å²) in [6.07, 6.45) is -1.16. The van der Waals surface area contributed by atoms with Crippen LogP contribution in [-0.2, 0) is 4.74 Å². The van der Waals surface area contributed by atoms with Crippen molar-refractivity contribution in [3.63, 3.8) is 0 Å². The molecule has 1 nitrogen and oxygen atoms in total. The SMILES string of the molecule is C=CC(=C)OCC(F)F. The molecule has 0 aliphatic carbocycles. The van der Waals surface area contributed by atoms with Crippen LogP contribution < -0.4 is 0 Å². The van der Waals surface area contributed by atoms with Crippen molar-refractivity contribution in [2.75, 3.05) is 6.61 Å². The monoisotopic (exact) mass is 134 g/mol. The Morgan fingerprint density at radius 1 is 1.67 bits per heavy atom. The Balaban J connectivity index is 3.27. The molecule has 9 heavy (non-hydrogen) atoms. The van der Waals surface area contributed by atoms with Crippen LogP contribution in [0.2, 0.25) is 0 Å². The van der Waals surface area contributed by atoms with Crippen molar-refractivity contribution in [1.82, 2.24) is 0 Å². The molecule has 3 heteroatoms. The standard InChI is InChI=1S/C6H8F2O/c1-3-5(2)9-4-6(7)8/h3,6H,1-2,4H2. The molecule has 0 N–H and O–H groups in total. The molecule has 0 rings (SSSR count). The number of rotatable bonds is 4. The molecular formula is C6H8F2O. The number of halogens is 2. The first-order valence-corrected chi connectivity index (χ1v) is 2.39.